The van der Waals surface area contributed by atoms with Crippen LogP contribution in [0.15, 0.2) is 85.2 Å². The van der Waals surface area contributed by atoms with Crippen LogP contribution >= 0.6 is 45.2 Å². The molecule has 0 N–H and O–H groups in total. The molecule has 0 aliphatic carbocycles. The molecule has 126 valence electrons. The monoisotopic (exact) mass is 560 g/mol. The van der Waals surface area contributed by atoms with Gasteiger partial charge in [-0.3, -0.25) is 9.97 Å². The standard InChI is InChI=1S/C22H14I2N2/c23-19-9-7-15(13-17(19)21-5-1-3-11-25-21)16-8-10-20(24)18(14-16)22-6-2-4-12-26-22/h1-14H. The molecule has 0 bridgehead atoms. The summed E-state index contributed by atoms with van der Waals surface area (Å²) in [7, 11) is 0. The maximum absolute atomic E-state index is 4.51. The Bertz CT molecular complexity index is 961. The van der Waals surface area contributed by atoms with E-state index in [0.717, 1.165) is 22.5 Å². The quantitative estimate of drug-likeness (QED) is 0.261. The Morgan fingerprint density at radius 1 is 0.538 bits per heavy atom. The smallest absolute Gasteiger partial charge is 0.0712 e. The van der Waals surface area contributed by atoms with Crippen LogP contribution in [0.25, 0.3) is 33.6 Å². The highest BCUT2D eigenvalue weighted by molar-refractivity contribution is 14.1. The van der Waals surface area contributed by atoms with Crippen LogP contribution in [0.1, 0.15) is 0 Å². The van der Waals surface area contributed by atoms with E-state index in [4.69, 9.17) is 0 Å². The molecule has 4 heteroatoms. The van der Waals surface area contributed by atoms with E-state index in [2.05, 4.69) is 104 Å². The van der Waals surface area contributed by atoms with Crippen molar-refractivity contribution in [1.29, 1.82) is 0 Å². The molecule has 0 amide bonds. The molecule has 2 aromatic carbocycles. The minimum atomic E-state index is 0.995. The third kappa shape index (κ3) is 3.66. The van der Waals surface area contributed by atoms with E-state index in [1.807, 2.05) is 36.7 Å². The molecule has 0 aliphatic heterocycles. The number of hydrogen-bond acceptors (Lipinski definition) is 2. The van der Waals surface area contributed by atoms with Crippen molar-refractivity contribution in [3.63, 3.8) is 0 Å². The molecule has 2 aromatic heterocycles. The first-order valence-electron chi connectivity index (χ1n) is 8.14. The van der Waals surface area contributed by atoms with Crippen molar-refractivity contribution in [2.24, 2.45) is 0 Å². The lowest BCUT2D eigenvalue weighted by atomic mass is 9.99. The lowest BCUT2D eigenvalue weighted by Gasteiger charge is -2.11. The maximum Gasteiger partial charge on any atom is 0.0712 e. The van der Waals surface area contributed by atoms with Crippen molar-refractivity contribution in [1.82, 2.24) is 9.97 Å². The van der Waals surface area contributed by atoms with Gasteiger partial charge in [0.25, 0.3) is 0 Å². The Morgan fingerprint density at radius 3 is 1.38 bits per heavy atom. The van der Waals surface area contributed by atoms with Crippen LogP contribution in [0.3, 0.4) is 0 Å². The zero-order valence-electron chi connectivity index (χ0n) is 13.7. The predicted octanol–water partition coefficient (Wildman–Crippen LogP) is 6.69. The van der Waals surface area contributed by atoms with Crippen LogP contribution in [-0.4, -0.2) is 9.97 Å². The summed E-state index contributed by atoms with van der Waals surface area (Å²) in [6, 6.07) is 25.1. The fourth-order valence-corrected chi connectivity index (χ4v) is 4.07. The summed E-state index contributed by atoms with van der Waals surface area (Å²) in [6.45, 7) is 0. The van der Waals surface area contributed by atoms with E-state index in [1.54, 1.807) is 0 Å². The van der Waals surface area contributed by atoms with E-state index in [9.17, 15) is 0 Å². The molecule has 0 spiro atoms. The molecule has 4 rings (SSSR count). The van der Waals surface area contributed by atoms with Crippen LogP contribution in [0.2, 0.25) is 0 Å². The van der Waals surface area contributed by atoms with E-state index < -0.39 is 0 Å². The van der Waals surface area contributed by atoms with Gasteiger partial charge in [0.15, 0.2) is 0 Å². The van der Waals surface area contributed by atoms with Gasteiger partial charge < -0.3 is 0 Å². The third-order valence-electron chi connectivity index (χ3n) is 4.15. The molecule has 2 heterocycles. The van der Waals surface area contributed by atoms with Crippen LogP contribution in [0, 0.1) is 7.14 Å². The number of halogens is 2. The third-order valence-corrected chi connectivity index (χ3v) is 6.03. The van der Waals surface area contributed by atoms with Crippen LogP contribution < -0.4 is 0 Å². The van der Waals surface area contributed by atoms with Crippen LogP contribution in [-0.2, 0) is 0 Å². The molecule has 0 saturated carbocycles. The average Bonchev–Trinajstić information content (AvgIpc) is 2.70. The van der Waals surface area contributed by atoms with Crippen molar-refractivity contribution < 1.29 is 0 Å². The average molecular weight is 560 g/mol. The van der Waals surface area contributed by atoms with E-state index in [0.29, 0.717) is 0 Å². The fourth-order valence-electron chi connectivity index (χ4n) is 2.85. The zero-order valence-corrected chi connectivity index (χ0v) is 18.0. The van der Waals surface area contributed by atoms with Crippen LogP contribution in [0.5, 0.6) is 0 Å². The second kappa shape index (κ2) is 7.84. The zero-order chi connectivity index (χ0) is 17.9. The molecular formula is C22H14I2N2. The van der Waals surface area contributed by atoms with Gasteiger partial charge in [0.05, 0.1) is 11.4 Å². The van der Waals surface area contributed by atoms with Gasteiger partial charge in [-0.1, -0.05) is 24.3 Å². The highest BCUT2D eigenvalue weighted by Gasteiger charge is 2.10. The number of aromatic nitrogens is 2. The second-order valence-electron chi connectivity index (χ2n) is 5.82. The summed E-state index contributed by atoms with van der Waals surface area (Å²) in [5, 5.41) is 0. The molecule has 0 atom stereocenters. The summed E-state index contributed by atoms with van der Waals surface area (Å²) in [4.78, 5) is 9.02. The molecule has 0 fully saturated rings. The van der Waals surface area contributed by atoms with Crippen molar-refractivity contribution >= 4 is 45.2 Å². The maximum atomic E-state index is 4.51. The molecular weight excluding hydrogens is 546 g/mol. The van der Waals surface area contributed by atoms with Crippen molar-refractivity contribution in [3.8, 4) is 33.6 Å². The normalized spacial score (nSPS) is 10.7. The molecule has 0 saturated heterocycles. The Kier molecular flexibility index (Phi) is 5.31. The van der Waals surface area contributed by atoms with Gasteiger partial charge in [-0.05, 0) is 105 Å². The Hall–Kier alpha value is -1.80. The van der Waals surface area contributed by atoms with Gasteiger partial charge in [0, 0.05) is 30.7 Å². The number of pyridine rings is 2. The Labute approximate surface area is 180 Å². The number of rotatable bonds is 3. The summed E-state index contributed by atoms with van der Waals surface area (Å²) in [5.41, 5.74) is 6.66. The topological polar surface area (TPSA) is 25.8 Å². The lowest BCUT2D eigenvalue weighted by molar-refractivity contribution is 1.32. The summed E-state index contributed by atoms with van der Waals surface area (Å²) < 4.78 is 2.39. The van der Waals surface area contributed by atoms with Gasteiger partial charge in [-0.15, -0.1) is 0 Å². The van der Waals surface area contributed by atoms with Gasteiger partial charge in [0.1, 0.15) is 0 Å². The van der Waals surface area contributed by atoms with Crippen LogP contribution in [0.4, 0.5) is 0 Å². The molecule has 4 aromatic rings. The first-order chi connectivity index (χ1) is 12.7. The first-order valence-corrected chi connectivity index (χ1v) is 10.3. The van der Waals surface area contributed by atoms with Crippen molar-refractivity contribution in [2.75, 3.05) is 0 Å². The van der Waals surface area contributed by atoms with Crippen molar-refractivity contribution in [3.05, 3.63) is 92.3 Å². The van der Waals surface area contributed by atoms with Crippen molar-refractivity contribution in [2.45, 2.75) is 0 Å². The van der Waals surface area contributed by atoms with E-state index in [-0.39, 0.29) is 0 Å². The summed E-state index contributed by atoms with van der Waals surface area (Å²) in [5.74, 6) is 0. The second-order valence-corrected chi connectivity index (χ2v) is 8.14. The van der Waals surface area contributed by atoms with Gasteiger partial charge in [0.2, 0.25) is 0 Å². The minimum Gasteiger partial charge on any atom is -0.256 e. The van der Waals surface area contributed by atoms with E-state index >= 15 is 0 Å². The highest BCUT2D eigenvalue weighted by Crippen LogP contribution is 2.33. The highest BCUT2D eigenvalue weighted by atomic mass is 127. The Balaban J connectivity index is 1.82. The summed E-state index contributed by atoms with van der Waals surface area (Å²) in [6.07, 6.45) is 3.67. The van der Waals surface area contributed by atoms with E-state index in [1.165, 1.54) is 18.3 Å². The number of benzene rings is 2. The van der Waals surface area contributed by atoms with Gasteiger partial charge in [-0.2, -0.15) is 0 Å². The predicted molar refractivity (Wildman–Crippen MR) is 124 cm³/mol. The molecule has 0 radical (unpaired) electrons. The molecule has 2 nitrogen and oxygen atoms in total. The minimum absolute atomic E-state index is 0.995. The first kappa shape index (κ1) is 17.6. The Morgan fingerprint density at radius 2 is 1.00 bits per heavy atom. The molecule has 0 aliphatic rings. The van der Waals surface area contributed by atoms with Gasteiger partial charge in [-0.25, -0.2) is 0 Å². The summed E-state index contributed by atoms with van der Waals surface area (Å²) >= 11 is 4.74. The van der Waals surface area contributed by atoms with Gasteiger partial charge >= 0.3 is 0 Å². The number of hydrogen-bond donors (Lipinski definition) is 0. The largest absolute Gasteiger partial charge is 0.256 e. The lowest BCUT2D eigenvalue weighted by Crippen LogP contribution is -1.90. The molecule has 26 heavy (non-hydrogen) atoms. The number of nitrogens with zero attached hydrogens (tertiary/aromatic N) is 2. The molecule has 0 unspecified atom stereocenters. The SMILES string of the molecule is Ic1ccc(-c2ccc(I)c(-c3ccccn3)c2)cc1-c1ccccn1. The fraction of sp³-hybridized carbons (Fsp3) is 0.